The zero-order valence-corrected chi connectivity index (χ0v) is 19.1. The molecule has 3 fully saturated rings. The maximum absolute atomic E-state index is 16.0. The molecular weight excluding hydrogens is 430 g/mol. The summed E-state index contributed by atoms with van der Waals surface area (Å²) in [5.41, 5.74) is -1.48. The van der Waals surface area contributed by atoms with E-state index in [-0.39, 0.29) is 30.1 Å². The van der Waals surface area contributed by atoms with Crippen molar-refractivity contribution >= 4 is 21.9 Å². The van der Waals surface area contributed by atoms with E-state index in [9.17, 15) is 18.0 Å². The highest BCUT2D eigenvalue weighted by atomic mass is 32.2. The minimum atomic E-state index is -4.04. The molecule has 4 aliphatic rings. The second-order valence-electron chi connectivity index (χ2n) is 10.3. The van der Waals surface area contributed by atoms with Crippen LogP contribution in [0.1, 0.15) is 52.9 Å². The van der Waals surface area contributed by atoms with Crippen molar-refractivity contribution in [1.29, 1.82) is 0 Å². The van der Waals surface area contributed by atoms with Crippen LogP contribution in [-0.2, 0) is 28.6 Å². The number of hydrogen-bond acceptors (Lipinski definition) is 6. The fraction of sp³-hybridized carbons (Fsp3) is 0.818. The van der Waals surface area contributed by atoms with E-state index in [0.29, 0.717) is 19.3 Å². The van der Waals surface area contributed by atoms with Gasteiger partial charge in [-0.2, -0.15) is 8.42 Å². The molecule has 6 nitrogen and oxygen atoms in total. The molecule has 0 aromatic rings. The van der Waals surface area contributed by atoms with E-state index < -0.39 is 63.3 Å². The number of rotatable bonds is 3. The molecule has 0 saturated heterocycles. The van der Waals surface area contributed by atoms with E-state index in [4.69, 9.17) is 8.92 Å². The van der Waals surface area contributed by atoms with Crippen molar-refractivity contribution in [3.63, 3.8) is 0 Å². The maximum Gasteiger partial charge on any atom is 0.302 e. The van der Waals surface area contributed by atoms with Crippen molar-refractivity contribution in [3.8, 4) is 0 Å². The first-order valence-corrected chi connectivity index (χ1v) is 12.7. The lowest BCUT2D eigenvalue weighted by Crippen LogP contribution is -2.64. The normalized spacial score (nSPS) is 47.1. The second kappa shape index (κ2) is 7.33. The minimum absolute atomic E-state index is 0.135. The van der Waals surface area contributed by atoms with Crippen molar-refractivity contribution in [1.82, 2.24) is 0 Å². The molecule has 9 heteroatoms. The highest BCUT2D eigenvalue weighted by Gasteiger charge is 2.68. The summed E-state index contributed by atoms with van der Waals surface area (Å²) in [6.45, 7) is 4.95. The van der Waals surface area contributed by atoms with Crippen molar-refractivity contribution in [2.24, 2.45) is 28.6 Å². The number of alkyl halides is 2. The van der Waals surface area contributed by atoms with Gasteiger partial charge in [-0.25, -0.2) is 8.78 Å². The molecule has 0 heterocycles. The van der Waals surface area contributed by atoms with E-state index in [1.807, 2.05) is 6.92 Å². The Balaban J connectivity index is 1.84. The predicted octanol–water partition coefficient (Wildman–Crippen LogP) is 3.30. The van der Waals surface area contributed by atoms with Crippen LogP contribution >= 0.6 is 0 Å². The van der Waals surface area contributed by atoms with E-state index >= 15 is 8.78 Å². The van der Waals surface area contributed by atoms with Crippen molar-refractivity contribution in [3.05, 3.63) is 11.6 Å². The minimum Gasteiger partial charge on any atom is -0.462 e. The van der Waals surface area contributed by atoms with Gasteiger partial charge in [0.25, 0.3) is 10.1 Å². The van der Waals surface area contributed by atoms with Crippen molar-refractivity contribution < 1.29 is 35.7 Å². The van der Waals surface area contributed by atoms with Crippen LogP contribution in [0.5, 0.6) is 0 Å². The van der Waals surface area contributed by atoms with Crippen LogP contribution in [-0.4, -0.2) is 51.0 Å². The van der Waals surface area contributed by atoms with Gasteiger partial charge in [-0.15, -0.1) is 0 Å². The largest absolute Gasteiger partial charge is 0.462 e. The molecule has 0 radical (unpaired) electrons. The molecule has 4 unspecified atom stereocenters. The van der Waals surface area contributed by atoms with Gasteiger partial charge in [0.1, 0.15) is 24.6 Å². The van der Waals surface area contributed by atoms with Crippen molar-refractivity contribution in [2.75, 3.05) is 6.26 Å². The Morgan fingerprint density at radius 2 is 1.90 bits per heavy atom. The van der Waals surface area contributed by atoms with Gasteiger partial charge in [-0.3, -0.25) is 13.8 Å². The number of esters is 1. The zero-order chi connectivity index (χ0) is 22.9. The topological polar surface area (TPSA) is 86.7 Å². The molecule has 0 amide bonds. The van der Waals surface area contributed by atoms with Gasteiger partial charge in [-0.1, -0.05) is 13.8 Å². The fourth-order valence-corrected chi connectivity index (χ4v) is 7.84. The van der Waals surface area contributed by atoms with Crippen LogP contribution in [0.15, 0.2) is 11.6 Å². The average molecular weight is 461 g/mol. The summed E-state index contributed by atoms with van der Waals surface area (Å²) < 4.78 is 66.8. The Morgan fingerprint density at radius 1 is 1.23 bits per heavy atom. The standard InChI is InChI=1S/C22H30F2O6S/c1-11(25)29-16-6-5-13-17-18(15(23)10-22(13,16)3)21(2)8-7-12(26)9-14(21)19(24)20(17)30-31(4,27)28/h9,13,15-20H,5-8,10H2,1-4H3/t13-,15?,16?,17-,18+,19?,20?,21-,22-/m0/s1. The molecule has 174 valence electrons. The average Bonchev–Trinajstić information content (AvgIpc) is 2.94. The number of carbonyl (C=O) groups excluding carboxylic acids is 2. The van der Waals surface area contributed by atoms with Crippen LogP contribution in [0.25, 0.3) is 0 Å². The molecule has 0 spiro atoms. The van der Waals surface area contributed by atoms with Crippen LogP contribution < -0.4 is 0 Å². The molecule has 0 aliphatic heterocycles. The molecule has 0 bridgehead atoms. The SMILES string of the molecule is CC(=O)OC1CC[C@H]2[C@@H]3C(OS(C)(=O)=O)C(F)C4=CC(=O)CC[C@]4(C)[C@@H]3C(F)C[C@]12C. The maximum atomic E-state index is 16.0. The first-order chi connectivity index (χ1) is 14.3. The molecule has 0 N–H and O–H groups in total. The number of ether oxygens (including phenoxy) is 1. The Kier molecular flexibility index (Phi) is 5.40. The van der Waals surface area contributed by atoms with Gasteiger partial charge in [0.05, 0.1) is 6.26 Å². The first kappa shape index (κ1) is 22.8. The van der Waals surface area contributed by atoms with Gasteiger partial charge >= 0.3 is 5.97 Å². The summed E-state index contributed by atoms with van der Waals surface area (Å²) >= 11 is 0. The molecule has 9 atom stereocenters. The van der Waals surface area contributed by atoms with Gasteiger partial charge in [0.15, 0.2) is 5.78 Å². The third-order valence-electron chi connectivity index (χ3n) is 8.39. The summed E-state index contributed by atoms with van der Waals surface area (Å²) in [6.07, 6.45) is -1.29. The van der Waals surface area contributed by atoms with Crippen LogP contribution in [0, 0.1) is 28.6 Å². The van der Waals surface area contributed by atoms with Gasteiger partial charge < -0.3 is 4.74 Å². The lowest BCUT2D eigenvalue weighted by Gasteiger charge is -2.61. The summed E-state index contributed by atoms with van der Waals surface area (Å²) in [5.74, 6) is -2.36. The monoisotopic (exact) mass is 460 g/mol. The summed E-state index contributed by atoms with van der Waals surface area (Å²) in [6, 6.07) is 0. The fourth-order valence-electron chi connectivity index (χ4n) is 7.21. The highest BCUT2D eigenvalue weighted by Crippen LogP contribution is 2.67. The molecule has 0 aromatic carbocycles. The Morgan fingerprint density at radius 3 is 2.52 bits per heavy atom. The molecule has 4 rings (SSSR count). The van der Waals surface area contributed by atoms with E-state index in [0.717, 1.165) is 6.26 Å². The smallest absolute Gasteiger partial charge is 0.302 e. The number of halogens is 2. The first-order valence-electron chi connectivity index (χ1n) is 10.9. The van der Waals surface area contributed by atoms with E-state index in [1.165, 1.54) is 13.0 Å². The lowest BCUT2D eigenvalue weighted by atomic mass is 9.45. The molecular formula is C22H30F2O6S. The Hall–Kier alpha value is -1.35. The number of fused-ring (bicyclic) bond motifs is 5. The molecule has 0 aromatic heterocycles. The predicted molar refractivity (Wildman–Crippen MR) is 108 cm³/mol. The summed E-state index contributed by atoms with van der Waals surface area (Å²) in [4.78, 5) is 23.7. The zero-order valence-electron chi connectivity index (χ0n) is 18.3. The number of ketones is 1. The Bertz CT molecular complexity index is 932. The molecule has 3 saturated carbocycles. The highest BCUT2D eigenvalue weighted by molar-refractivity contribution is 7.86. The van der Waals surface area contributed by atoms with Gasteiger partial charge in [0, 0.05) is 24.7 Å². The summed E-state index contributed by atoms with van der Waals surface area (Å²) in [5, 5.41) is 0. The van der Waals surface area contributed by atoms with Crippen molar-refractivity contribution in [2.45, 2.75) is 77.4 Å². The van der Waals surface area contributed by atoms with E-state index in [1.54, 1.807) is 6.92 Å². The van der Waals surface area contributed by atoms with Crippen LogP contribution in [0.4, 0.5) is 8.78 Å². The Labute approximate surface area is 181 Å². The van der Waals surface area contributed by atoms with Crippen LogP contribution in [0.3, 0.4) is 0 Å². The number of carbonyl (C=O) groups is 2. The van der Waals surface area contributed by atoms with E-state index in [2.05, 4.69) is 0 Å². The van der Waals surface area contributed by atoms with Crippen LogP contribution in [0.2, 0.25) is 0 Å². The van der Waals surface area contributed by atoms with Gasteiger partial charge in [-0.05, 0) is 54.6 Å². The lowest BCUT2D eigenvalue weighted by molar-refractivity contribution is -0.176. The third-order valence-corrected chi connectivity index (χ3v) is 8.96. The van der Waals surface area contributed by atoms with Gasteiger partial charge in [0.2, 0.25) is 0 Å². The third kappa shape index (κ3) is 3.56. The molecule has 4 aliphatic carbocycles. The molecule has 31 heavy (non-hydrogen) atoms. The quantitative estimate of drug-likeness (QED) is 0.475. The second-order valence-corrected chi connectivity index (χ2v) is 11.9. The number of hydrogen-bond donors (Lipinski definition) is 0. The summed E-state index contributed by atoms with van der Waals surface area (Å²) in [7, 11) is -4.04.